The Balaban J connectivity index is 1.62. The highest BCUT2D eigenvalue weighted by Crippen LogP contribution is 2.23. The van der Waals surface area contributed by atoms with E-state index in [1.165, 1.54) is 18.6 Å². The van der Waals surface area contributed by atoms with Gasteiger partial charge in [0.15, 0.2) is 0 Å². The van der Waals surface area contributed by atoms with E-state index in [0.29, 0.717) is 19.5 Å². The molecule has 1 saturated heterocycles. The number of nitrogens with zero attached hydrogens (tertiary/aromatic N) is 5. The molecular weight excluding hydrogens is 366 g/mol. The first-order valence-corrected chi connectivity index (χ1v) is 9.45. The van der Waals surface area contributed by atoms with E-state index >= 15 is 0 Å². The number of hydrogen-bond donors (Lipinski definition) is 0. The zero-order valence-electron chi connectivity index (χ0n) is 16.1. The number of benzene rings is 1. The summed E-state index contributed by atoms with van der Waals surface area (Å²) in [5, 5.41) is 0. The number of carbonyl (C=O) groups excluding carboxylic acids is 2. The second-order valence-electron chi connectivity index (χ2n) is 7.01. The third-order valence-corrected chi connectivity index (χ3v) is 5.11. The lowest BCUT2D eigenvalue weighted by Gasteiger charge is -2.39. The number of hydrogen-bond acceptors (Lipinski definition) is 5. The molecule has 0 N–H and O–H groups in total. The average molecular weight is 387 g/mol. The SMILES string of the molecule is CN1CCN(C(=O)c2cnccn2)[C@H](Cc2cccc(-c3cccnc3)c2)C1=O. The Morgan fingerprint density at radius 2 is 1.86 bits per heavy atom. The van der Waals surface area contributed by atoms with Gasteiger partial charge in [-0.15, -0.1) is 0 Å². The average Bonchev–Trinajstić information content (AvgIpc) is 2.78. The van der Waals surface area contributed by atoms with Gasteiger partial charge in [-0.25, -0.2) is 4.98 Å². The number of aromatic nitrogens is 3. The standard InChI is InChI=1S/C22H21N5O2/c1-26-10-11-27(21(28)19-15-24-8-9-25-19)20(22(26)29)13-16-4-2-5-17(12-16)18-6-3-7-23-14-18/h2-9,12,14-15,20H,10-11,13H2,1H3/t20-/m1/s1. The van der Waals surface area contributed by atoms with Crippen molar-refractivity contribution in [2.24, 2.45) is 0 Å². The van der Waals surface area contributed by atoms with Gasteiger partial charge in [0, 0.05) is 51.3 Å². The van der Waals surface area contributed by atoms with Crippen LogP contribution in [0.5, 0.6) is 0 Å². The normalized spacial score (nSPS) is 16.7. The number of rotatable bonds is 4. The molecule has 7 heteroatoms. The van der Waals surface area contributed by atoms with Crippen LogP contribution in [0.2, 0.25) is 0 Å². The molecule has 3 aromatic rings. The maximum Gasteiger partial charge on any atom is 0.274 e. The van der Waals surface area contributed by atoms with Gasteiger partial charge in [-0.1, -0.05) is 30.3 Å². The minimum Gasteiger partial charge on any atom is -0.342 e. The molecule has 0 radical (unpaired) electrons. The van der Waals surface area contributed by atoms with Gasteiger partial charge < -0.3 is 9.80 Å². The van der Waals surface area contributed by atoms with Crippen molar-refractivity contribution >= 4 is 11.8 Å². The minimum atomic E-state index is -0.576. The van der Waals surface area contributed by atoms with Crippen LogP contribution >= 0.6 is 0 Å². The third kappa shape index (κ3) is 3.99. The monoisotopic (exact) mass is 387 g/mol. The molecule has 1 aliphatic heterocycles. The number of likely N-dealkylation sites (N-methyl/N-ethyl adjacent to an activating group) is 1. The van der Waals surface area contributed by atoms with E-state index in [0.717, 1.165) is 16.7 Å². The Hall–Kier alpha value is -3.61. The van der Waals surface area contributed by atoms with Crippen molar-refractivity contribution in [3.63, 3.8) is 0 Å². The fourth-order valence-electron chi connectivity index (χ4n) is 3.54. The summed E-state index contributed by atoms with van der Waals surface area (Å²) in [5.74, 6) is -0.340. The molecular formula is C22H21N5O2. The Bertz CT molecular complexity index is 1010. The molecule has 146 valence electrons. The van der Waals surface area contributed by atoms with Crippen molar-refractivity contribution in [2.75, 3.05) is 20.1 Å². The molecule has 0 bridgehead atoms. The van der Waals surface area contributed by atoms with Gasteiger partial charge in [0.1, 0.15) is 11.7 Å². The first-order chi connectivity index (χ1) is 14.1. The number of carbonyl (C=O) groups is 2. The summed E-state index contributed by atoms with van der Waals surface area (Å²) < 4.78 is 0. The summed E-state index contributed by atoms with van der Waals surface area (Å²) in [4.78, 5) is 41.4. The van der Waals surface area contributed by atoms with Gasteiger partial charge in [-0.2, -0.15) is 0 Å². The third-order valence-electron chi connectivity index (χ3n) is 5.11. The van der Waals surface area contributed by atoms with Crippen LogP contribution in [0.15, 0.2) is 67.4 Å². The molecule has 3 heterocycles. The van der Waals surface area contributed by atoms with Crippen LogP contribution in [0.25, 0.3) is 11.1 Å². The summed E-state index contributed by atoms with van der Waals surface area (Å²) in [7, 11) is 1.77. The summed E-state index contributed by atoms with van der Waals surface area (Å²) in [5.41, 5.74) is 3.27. The highest BCUT2D eigenvalue weighted by atomic mass is 16.2. The molecule has 1 fully saturated rings. The van der Waals surface area contributed by atoms with Crippen molar-refractivity contribution in [3.05, 3.63) is 78.6 Å². The van der Waals surface area contributed by atoms with Crippen LogP contribution in [-0.4, -0.2) is 62.7 Å². The zero-order valence-corrected chi connectivity index (χ0v) is 16.1. The molecule has 0 saturated carbocycles. The first kappa shape index (κ1) is 18.7. The molecule has 29 heavy (non-hydrogen) atoms. The van der Waals surface area contributed by atoms with E-state index in [2.05, 4.69) is 15.0 Å². The topological polar surface area (TPSA) is 79.3 Å². The molecule has 7 nitrogen and oxygen atoms in total. The van der Waals surface area contributed by atoms with Gasteiger partial charge >= 0.3 is 0 Å². The van der Waals surface area contributed by atoms with E-state index in [9.17, 15) is 9.59 Å². The van der Waals surface area contributed by atoms with Gasteiger partial charge in [0.05, 0.1) is 6.20 Å². The maximum absolute atomic E-state index is 13.0. The van der Waals surface area contributed by atoms with Crippen LogP contribution in [0.3, 0.4) is 0 Å². The molecule has 1 aromatic carbocycles. The minimum absolute atomic E-state index is 0.0692. The summed E-state index contributed by atoms with van der Waals surface area (Å²) in [6.07, 6.45) is 8.42. The number of piperazine rings is 1. The maximum atomic E-state index is 13.0. The molecule has 0 aliphatic carbocycles. The van der Waals surface area contributed by atoms with Crippen molar-refractivity contribution in [2.45, 2.75) is 12.5 Å². The smallest absolute Gasteiger partial charge is 0.274 e. The van der Waals surface area contributed by atoms with E-state index in [4.69, 9.17) is 0 Å². The Labute approximate surface area is 169 Å². The first-order valence-electron chi connectivity index (χ1n) is 9.45. The van der Waals surface area contributed by atoms with Gasteiger partial charge in [0.2, 0.25) is 5.91 Å². The Kier molecular flexibility index (Phi) is 5.29. The zero-order chi connectivity index (χ0) is 20.2. The second-order valence-corrected chi connectivity index (χ2v) is 7.01. The molecule has 1 atom stereocenters. The second kappa shape index (κ2) is 8.18. The highest BCUT2D eigenvalue weighted by Gasteiger charge is 2.36. The van der Waals surface area contributed by atoms with Crippen LogP contribution in [0.4, 0.5) is 0 Å². The lowest BCUT2D eigenvalue weighted by molar-refractivity contribution is -0.138. The van der Waals surface area contributed by atoms with Crippen molar-refractivity contribution < 1.29 is 9.59 Å². The molecule has 0 spiro atoms. The predicted molar refractivity (Wildman–Crippen MR) is 108 cm³/mol. The summed E-state index contributed by atoms with van der Waals surface area (Å²) >= 11 is 0. The lowest BCUT2D eigenvalue weighted by atomic mass is 9.97. The predicted octanol–water partition coefficient (Wildman–Crippen LogP) is 2.06. The largest absolute Gasteiger partial charge is 0.342 e. The summed E-state index contributed by atoms with van der Waals surface area (Å²) in [6, 6.07) is 11.3. The number of pyridine rings is 1. The molecule has 0 unspecified atom stereocenters. The van der Waals surface area contributed by atoms with E-state index < -0.39 is 6.04 Å². The highest BCUT2D eigenvalue weighted by molar-refractivity contribution is 5.96. The van der Waals surface area contributed by atoms with Gasteiger partial charge in [-0.3, -0.25) is 19.6 Å². The van der Waals surface area contributed by atoms with E-state index in [1.807, 2.05) is 42.6 Å². The van der Waals surface area contributed by atoms with Gasteiger partial charge in [-0.05, 0) is 22.8 Å². The van der Waals surface area contributed by atoms with Crippen molar-refractivity contribution in [1.82, 2.24) is 24.8 Å². The van der Waals surface area contributed by atoms with Crippen LogP contribution in [-0.2, 0) is 11.2 Å². The molecule has 1 aliphatic rings. The fraction of sp³-hybridized carbons (Fsp3) is 0.227. The van der Waals surface area contributed by atoms with Crippen LogP contribution in [0.1, 0.15) is 16.1 Å². The van der Waals surface area contributed by atoms with Crippen molar-refractivity contribution in [1.29, 1.82) is 0 Å². The van der Waals surface area contributed by atoms with E-state index in [-0.39, 0.29) is 17.5 Å². The molecule has 2 amide bonds. The van der Waals surface area contributed by atoms with Gasteiger partial charge in [0.25, 0.3) is 5.91 Å². The quantitative estimate of drug-likeness (QED) is 0.685. The lowest BCUT2D eigenvalue weighted by Crippen LogP contribution is -2.58. The summed E-state index contributed by atoms with van der Waals surface area (Å²) in [6.45, 7) is 0.960. The molecule has 4 rings (SSSR count). The molecule has 2 aromatic heterocycles. The van der Waals surface area contributed by atoms with Crippen LogP contribution in [0, 0.1) is 0 Å². The Morgan fingerprint density at radius 1 is 1.03 bits per heavy atom. The van der Waals surface area contributed by atoms with Crippen LogP contribution < -0.4 is 0 Å². The number of amides is 2. The fourth-order valence-corrected chi connectivity index (χ4v) is 3.54. The van der Waals surface area contributed by atoms with E-state index in [1.54, 1.807) is 23.0 Å². The Morgan fingerprint density at radius 3 is 2.62 bits per heavy atom. The van der Waals surface area contributed by atoms with Crippen molar-refractivity contribution in [3.8, 4) is 11.1 Å².